The molecule has 0 bridgehead atoms. The summed E-state index contributed by atoms with van der Waals surface area (Å²) in [5.41, 5.74) is 6.97. The molecule has 2 aromatic rings. The number of anilines is 1. The van der Waals surface area contributed by atoms with Crippen LogP contribution in [0.1, 0.15) is 13.8 Å². The molecular formula is C12H20N6O. The third-order valence-electron chi connectivity index (χ3n) is 3.20. The van der Waals surface area contributed by atoms with Gasteiger partial charge in [-0.3, -0.25) is 0 Å². The highest BCUT2D eigenvalue weighted by molar-refractivity contribution is 5.81. The number of hydrogen-bond acceptors (Lipinski definition) is 6. The lowest BCUT2D eigenvalue weighted by molar-refractivity contribution is 0.104. The molecule has 19 heavy (non-hydrogen) atoms. The number of fused-ring (bicyclic) bond motifs is 1. The lowest BCUT2D eigenvalue weighted by Gasteiger charge is -2.22. The number of aliphatic hydroxyl groups is 1. The monoisotopic (exact) mass is 264 g/mol. The molecule has 2 aromatic heterocycles. The number of hydrogen-bond donors (Lipinski definition) is 2. The second-order valence-electron chi connectivity index (χ2n) is 4.47. The minimum absolute atomic E-state index is 0.363. The Morgan fingerprint density at radius 1 is 1.32 bits per heavy atom. The van der Waals surface area contributed by atoms with E-state index in [0.717, 1.165) is 13.1 Å². The van der Waals surface area contributed by atoms with Gasteiger partial charge in [0.05, 0.1) is 19.0 Å². The van der Waals surface area contributed by atoms with Crippen molar-refractivity contribution in [1.29, 1.82) is 0 Å². The summed E-state index contributed by atoms with van der Waals surface area (Å²) >= 11 is 0. The van der Waals surface area contributed by atoms with Crippen molar-refractivity contribution in [1.82, 2.24) is 24.4 Å². The zero-order valence-corrected chi connectivity index (χ0v) is 11.3. The van der Waals surface area contributed by atoms with Crippen molar-refractivity contribution in [3.8, 4) is 0 Å². The summed E-state index contributed by atoms with van der Waals surface area (Å²) in [7, 11) is 0. The second-order valence-corrected chi connectivity index (χ2v) is 4.47. The fraction of sp³-hybridized carbons (Fsp3) is 0.583. The lowest BCUT2D eigenvalue weighted by atomic mass is 10.3. The first-order valence-corrected chi connectivity index (χ1v) is 6.47. The van der Waals surface area contributed by atoms with E-state index in [2.05, 4.69) is 33.7 Å². The largest absolute Gasteiger partial charge is 0.390 e. The maximum Gasteiger partial charge on any atom is 0.165 e. The number of aromatic nitrogens is 4. The standard InChI is InChI=1S/C12H20N6O/c1-3-17(4-2)5-9(19)6-18-8-16-10-11(13)14-7-15-12(10)18/h7-9,19H,3-6H2,1-2H3,(H2,13,14,15)/t9-/m1/s1. The molecule has 7 heteroatoms. The first-order chi connectivity index (χ1) is 9.15. The van der Waals surface area contributed by atoms with Gasteiger partial charge < -0.3 is 20.3 Å². The number of nitrogens with zero attached hydrogens (tertiary/aromatic N) is 5. The van der Waals surface area contributed by atoms with E-state index < -0.39 is 6.10 Å². The molecular weight excluding hydrogens is 244 g/mol. The molecule has 2 heterocycles. The Bertz CT molecular complexity index is 536. The predicted octanol–water partition coefficient (Wildman–Crippen LogP) is 0.111. The quantitative estimate of drug-likeness (QED) is 0.769. The number of nitrogens with two attached hydrogens (primary N) is 1. The maximum atomic E-state index is 10.1. The van der Waals surface area contributed by atoms with E-state index in [9.17, 15) is 5.11 Å². The van der Waals surface area contributed by atoms with Crippen LogP contribution in [-0.4, -0.2) is 55.3 Å². The van der Waals surface area contributed by atoms with E-state index in [1.165, 1.54) is 6.33 Å². The van der Waals surface area contributed by atoms with Crippen LogP contribution in [0.3, 0.4) is 0 Å². The molecule has 0 saturated carbocycles. The van der Waals surface area contributed by atoms with E-state index in [4.69, 9.17) is 5.73 Å². The fourth-order valence-corrected chi connectivity index (χ4v) is 2.10. The number of aliphatic hydroxyl groups excluding tert-OH is 1. The van der Waals surface area contributed by atoms with Gasteiger partial charge in [-0.1, -0.05) is 13.8 Å². The van der Waals surface area contributed by atoms with Crippen molar-refractivity contribution in [2.24, 2.45) is 0 Å². The Balaban J connectivity index is 2.11. The van der Waals surface area contributed by atoms with Gasteiger partial charge in [0.1, 0.15) is 11.8 Å². The van der Waals surface area contributed by atoms with Crippen LogP contribution in [0.5, 0.6) is 0 Å². The highest BCUT2D eigenvalue weighted by Crippen LogP contribution is 2.14. The van der Waals surface area contributed by atoms with Crippen molar-refractivity contribution in [3.63, 3.8) is 0 Å². The van der Waals surface area contributed by atoms with E-state index in [0.29, 0.717) is 30.1 Å². The van der Waals surface area contributed by atoms with Crippen molar-refractivity contribution in [2.75, 3.05) is 25.4 Å². The fourth-order valence-electron chi connectivity index (χ4n) is 2.10. The van der Waals surface area contributed by atoms with E-state index in [-0.39, 0.29) is 0 Å². The van der Waals surface area contributed by atoms with Crippen LogP contribution in [0, 0.1) is 0 Å². The van der Waals surface area contributed by atoms with Crippen LogP contribution in [0.4, 0.5) is 5.82 Å². The zero-order chi connectivity index (χ0) is 13.8. The molecule has 0 spiro atoms. The summed E-state index contributed by atoms with van der Waals surface area (Å²) in [6.07, 6.45) is 2.59. The van der Waals surface area contributed by atoms with Gasteiger partial charge in [-0.2, -0.15) is 0 Å². The third kappa shape index (κ3) is 2.99. The number of likely N-dealkylation sites (N-methyl/N-ethyl adjacent to an activating group) is 1. The van der Waals surface area contributed by atoms with Crippen molar-refractivity contribution < 1.29 is 5.11 Å². The molecule has 0 radical (unpaired) electrons. The average Bonchev–Trinajstić information content (AvgIpc) is 2.81. The Hall–Kier alpha value is -1.73. The van der Waals surface area contributed by atoms with E-state index in [1.54, 1.807) is 6.33 Å². The highest BCUT2D eigenvalue weighted by Gasteiger charge is 2.13. The molecule has 7 nitrogen and oxygen atoms in total. The number of nitrogen functional groups attached to an aromatic ring is 1. The molecule has 0 saturated heterocycles. The van der Waals surface area contributed by atoms with Crippen molar-refractivity contribution >= 4 is 17.0 Å². The van der Waals surface area contributed by atoms with Crippen LogP contribution in [0.15, 0.2) is 12.7 Å². The van der Waals surface area contributed by atoms with Crippen molar-refractivity contribution in [2.45, 2.75) is 26.5 Å². The Kier molecular flexibility index (Phi) is 4.28. The van der Waals surface area contributed by atoms with Gasteiger partial charge in [-0.25, -0.2) is 15.0 Å². The van der Waals surface area contributed by atoms with Gasteiger partial charge in [0.2, 0.25) is 0 Å². The summed E-state index contributed by atoms with van der Waals surface area (Å²) in [5.74, 6) is 0.363. The van der Waals surface area contributed by atoms with Crippen LogP contribution in [0.2, 0.25) is 0 Å². The minimum atomic E-state index is -0.464. The lowest BCUT2D eigenvalue weighted by Crippen LogP contribution is -2.34. The molecule has 2 rings (SSSR count). The van der Waals surface area contributed by atoms with Gasteiger partial charge in [-0.15, -0.1) is 0 Å². The van der Waals surface area contributed by atoms with Gasteiger partial charge in [0.15, 0.2) is 11.5 Å². The minimum Gasteiger partial charge on any atom is -0.390 e. The van der Waals surface area contributed by atoms with Crippen LogP contribution >= 0.6 is 0 Å². The normalized spacial score (nSPS) is 13.3. The second kappa shape index (κ2) is 5.94. The van der Waals surface area contributed by atoms with E-state index >= 15 is 0 Å². The molecule has 0 aliphatic rings. The first kappa shape index (κ1) is 13.7. The maximum absolute atomic E-state index is 10.1. The topological polar surface area (TPSA) is 93.1 Å². The number of rotatable bonds is 6. The average molecular weight is 264 g/mol. The summed E-state index contributed by atoms with van der Waals surface area (Å²) < 4.78 is 1.81. The molecule has 0 amide bonds. The summed E-state index contributed by atoms with van der Waals surface area (Å²) in [4.78, 5) is 14.4. The Morgan fingerprint density at radius 3 is 2.74 bits per heavy atom. The van der Waals surface area contributed by atoms with Gasteiger partial charge in [-0.05, 0) is 13.1 Å². The molecule has 0 aliphatic carbocycles. The third-order valence-corrected chi connectivity index (χ3v) is 3.20. The molecule has 1 atom stereocenters. The summed E-state index contributed by atoms with van der Waals surface area (Å²) in [5, 5.41) is 10.1. The van der Waals surface area contributed by atoms with Crippen LogP contribution < -0.4 is 5.73 Å². The van der Waals surface area contributed by atoms with Gasteiger partial charge in [0, 0.05) is 6.54 Å². The van der Waals surface area contributed by atoms with E-state index in [1.807, 2.05) is 4.57 Å². The van der Waals surface area contributed by atoms with Crippen LogP contribution in [-0.2, 0) is 6.54 Å². The SMILES string of the molecule is CCN(CC)C[C@@H](O)Cn1cnc2c(N)ncnc21. The van der Waals surface area contributed by atoms with Gasteiger partial charge in [0.25, 0.3) is 0 Å². The van der Waals surface area contributed by atoms with Crippen molar-refractivity contribution in [3.05, 3.63) is 12.7 Å². The zero-order valence-electron chi connectivity index (χ0n) is 11.3. The molecule has 0 fully saturated rings. The summed E-state index contributed by atoms with van der Waals surface area (Å²) in [6, 6.07) is 0. The number of imidazole rings is 1. The highest BCUT2D eigenvalue weighted by atomic mass is 16.3. The first-order valence-electron chi connectivity index (χ1n) is 6.47. The molecule has 0 unspecified atom stereocenters. The Morgan fingerprint density at radius 2 is 2.05 bits per heavy atom. The molecule has 0 aliphatic heterocycles. The smallest absolute Gasteiger partial charge is 0.165 e. The molecule has 104 valence electrons. The van der Waals surface area contributed by atoms with Crippen LogP contribution in [0.25, 0.3) is 11.2 Å². The van der Waals surface area contributed by atoms with Gasteiger partial charge >= 0.3 is 0 Å². The predicted molar refractivity (Wildman–Crippen MR) is 73.5 cm³/mol. The molecule has 3 N–H and O–H groups in total. The summed E-state index contributed by atoms with van der Waals surface area (Å²) in [6.45, 7) is 7.09. The Labute approximate surface area is 112 Å². The molecule has 0 aromatic carbocycles.